The molecule has 1 N–H and O–H groups in total. The zero-order chi connectivity index (χ0) is 45.1. The largest absolute Gasteiger partial charge is 0.573 e. The molecule has 0 spiro atoms. The summed E-state index contributed by atoms with van der Waals surface area (Å²) in [6, 6.07) is 21.1. The van der Waals surface area contributed by atoms with E-state index in [1.165, 1.54) is 18.2 Å². The van der Waals surface area contributed by atoms with Gasteiger partial charge in [0.25, 0.3) is 0 Å². The summed E-state index contributed by atoms with van der Waals surface area (Å²) in [5.41, 5.74) is 0.147. The Morgan fingerprint density at radius 3 is 1.69 bits per heavy atom. The highest BCUT2D eigenvalue weighted by molar-refractivity contribution is 5.70. The maximum atomic E-state index is 13.5. The van der Waals surface area contributed by atoms with Crippen LogP contribution < -0.4 is 14.2 Å². The van der Waals surface area contributed by atoms with E-state index in [0.29, 0.717) is 64.2 Å². The third kappa shape index (κ3) is 16.1. The van der Waals surface area contributed by atoms with Crippen LogP contribution in [0, 0.1) is 5.82 Å². The normalized spacial score (nSPS) is 17.6. The van der Waals surface area contributed by atoms with Crippen molar-refractivity contribution in [3.8, 4) is 28.7 Å². The quantitative estimate of drug-likeness (QED) is 0.102. The van der Waals surface area contributed by atoms with Gasteiger partial charge in [0.05, 0.1) is 43.8 Å². The molecule has 2 aliphatic heterocycles. The molecule has 0 aliphatic carbocycles. The predicted molar refractivity (Wildman–Crippen MR) is 211 cm³/mol. The molecule has 0 bridgehead atoms. The molecule has 2 unspecified atom stereocenters. The van der Waals surface area contributed by atoms with Crippen LogP contribution in [0.2, 0.25) is 0 Å². The number of hydrogen-bond donors (Lipinski definition) is 1. The Morgan fingerprint density at radius 1 is 0.677 bits per heavy atom. The van der Waals surface area contributed by atoms with Gasteiger partial charge >= 0.3 is 24.5 Å². The van der Waals surface area contributed by atoms with Crippen molar-refractivity contribution < 1.29 is 73.8 Å². The molecule has 2 heterocycles. The number of alkyl halides is 6. The Labute approximate surface area is 353 Å². The third-order valence-corrected chi connectivity index (χ3v) is 9.21. The molecule has 0 aromatic heterocycles. The van der Waals surface area contributed by atoms with Crippen LogP contribution in [0.5, 0.6) is 28.7 Å². The number of morpholine rings is 2. The number of rotatable bonds is 13. The Bertz CT molecular complexity index is 2080. The first-order chi connectivity index (χ1) is 29.2. The lowest BCUT2D eigenvalue weighted by molar-refractivity contribution is -0.274. The average molecular weight is 881 g/mol. The van der Waals surface area contributed by atoms with Crippen LogP contribution in [0.4, 0.5) is 30.7 Å². The van der Waals surface area contributed by atoms with Crippen LogP contribution in [0.3, 0.4) is 0 Å². The van der Waals surface area contributed by atoms with Gasteiger partial charge in [0.1, 0.15) is 40.2 Å². The summed E-state index contributed by atoms with van der Waals surface area (Å²) in [5, 5.41) is 8.80. The van der Waals surface area contributed by atoms with Gasteiger partial charge in [0, 0.05) is 51.4 Å². The average Bonchev–Trinajstić information content (AvgIpc) is 3.19. The molecule has 0 radical (unpaired) electrons. The van der Waals surface area contributed by atoms with E-state index in [1.807, 2.05) is 37.8 Å². The van der Waals surface area contributed by atoms with E-state index in [0.717, 1.165) is 29.8 Å². The van der Waals surface area contributed by atoms with E-state index in [9.17, 15) is 40.3 Å². The smallest absolute Gasteiger partial charge is 0.481 e. The fraction of sp³-hybridized carbons (Fsp3) is 0.409. The molecular weight excluding hydrogens is 833 g/mol. The molecule has 2 fully saturated rings. The molecule has 4 aromatic rings. The number of carbonyl (C=O) groups is 2. The van der Waals surface area contributed by atoms with Crippen molar-refractivity contribution in [2.45, 2.75) is 64.0 Å². The predicted octanol–water partition coefficient (Wildman–Crippen LogP) is 9.97. The van der Waals surface area contributed by atoms with E-state index in [-0.39, 0.29) is 47.6 Å². The van der Waals surface area contributed by atoms with E-state index in [2.05, 4.69) is 9.64 Å². The molecule has 2 atom stereocenters. The van der Waals surface area contributed by atoms with Crippen LogP contribution in [-0.2, 0) is 30.0 Å². The summed E-state index contributed by atoms with van der Waals surface area (Å²) in [4.78, 5) is 26.9. The number of benzene rings is 4. The zero-order valence-electron chi connectivity index (χ0n) is 34.1. The van der Waals surface area contributed by atoms with Crippen LogP contribution in [0.15, 0.2) is 91.0 Å². The fourth-order valence-corrected chi connectivity index (χ4v) is 6.40. The molecule has 18 heteroatoms. The van der Waals surface area contributed by atoms with Crippen molar-refractivity contribution in [2.24, 2.45) is 0 Å². The minimum Gasteiger partial charge on any atom is -0.481 e. The number of ether oxygens (including phenoxy) is 6. The van der Waals surface area contributed by atoms with Gasteiger partial charge in [0.2, 0.25) is 0 Å². The monoisotopic (exact) mass is 880 g/mol. The van der Waals surface area contributed by atoms with Gasteiger partial charge in [-0.3, -0.25) is 19.4 Å². The van der Waals surface area contributed by atoms with Crippen LogP contribution in [-0.4, -0.2) is 91.3 Å². The van der Waals surface area contributed by atoms with Gasteiger partial charge in [-0.15, -0.1) is 13.2 Å². The molecular formula is C44H47F7N2O9. The van der Waals surface area contributed by atoms with Gasteiger partial charge in [-0.1, -0.05) is 30.3 Å². The summed E-state index contributed by atoms with van der Waals surface area (Å²) < 4.78 is 121. The van der Waals surface area contributed by atoms with Crippen molar-refractivity contribution in [1.82, 2.24) is 9.80 Å². The third-order valence-electron chi connectivity index (χ3n) is 9.21. The minimum absolute atomic E-state index is 0.0487. The number of halogens is 7. The molecule has 0 amide bonds. The van der Waals surface area contributed by atoms with E-state index in [1.54, 1.807) is 42.5 Å². The van der Waals surface area contributed by atoms with E-state index < -0.39 is 35.5 Å². The lowest BCUT2D eigenvalue weighted by Gasteiger charge is -2.33. The first-order valence-corrected chi connectivity index (χ1v) is 19.6. The van der Waals surface area contributed by atoms with Gasteiger partial charge in [-0.25, -0.2) is 4.39 Å². The molecule has 11 nitrogen and oxygen atoms in total. The van der Waals surface area contributed by atoms with Crippen molar-refractivity contribution >= 4 is 11.9 Å². The summed E-state index contributed by atoms with van der Waals surface area (Å²) >= 11 is 0. The van der Waals surface area contributed by atoms with Crippen molar-refractivity contribution in [3.05, 3.63) is 114 Å². The Balaban J connectivity index is 0.000000236. The topological polar surface area (TPSA) is 116 Å². The molecule has 2 saturated heterocycles. The number of carbonyl (C=O) groups excluding carboxylic acids is 1. The summed E-state index contributed by atoms with van der Waals surface area (Å²) in [7, 11) is 0. The van der Waals surface area contributed by atoms with Crippen molar-refractivity contribution in [1.29, 1.82) is 0 Å². The summed E-state index contributed by atoms with van der Waals surface area (Å²) in [6.07, 6.45) is -9.48. The first kappa shape index (κ1) is 47.6. The fourth-order valence-electron chi connectivity index (χ4n) is 6.40. The Morgan fingerprint density at radius 2 is 1.19 bits per heavy atom. The van der Waals surface area contributed by atoms with Crippen molar-refractivity contribution in [2.75, 3.05) is 52.5 Å². The van der Waals surface area contributed by atoms with Gasteiger partial charge < -0.3 is 33.5 Å². The van der Waals surface area contributed by atoms with Crippen LogP contribution in [0.1, 0.15) is 62.5 Å². The van der Waals surface area contributed by atoms with E-state index in [4.69, 9.17) is 28.8 Å². The van der Waals surface area contributed by atoms with Crippen LogP contribution >= 0.6 is 0 Å². The molecule has 62 heavy (non-hydrogen) atoms. The highest BCUT2D eigenvalue weighted by Gasteiger charge is 2.33. The maximum Gasteiger partial charge on any atom is 0.573 e. The Kier molecular flexibility index (Phi) is 16.2. The zero-order valence-corrected chi connectivity index (χ0v) is 34.1. The molecule has 336 valence electrons. The highest BCUT2D eigenvalue weighted by atomic mass is 19.4. The van der Waals surface area contributed by atoms with Gasteiger partial charge in [-0.05, 0) is 80.4 Å². The molecule has 4 aromatic carbocycles. The second-order valence-electron chi connectivity index (χ2n) is 15.3. The van der Waals surface area contributed by atoms with E-state index >= 15 is 0 Å². The standard InChI is InChI=1S/C24H28F3NO5.C20H19F4NO4/c1-23(2,3)33-22(29)11-12-28-13-14-30-21(16-28)17-7-9-18(10-8-17)31-19-5-4-6-20(15-19)32-24(25,26)27;21-15-9-14(20(22,23)24)10-17(11-15)29-16-3-1-13(2-4-16)18-12-25(7-8-28-18)6-5-19(26)27/h4-10,15,21H,11-14,16H2,1-3H3;1-4,9-11,18H,5-8,12H2,(H,26,27). The lowest BCUT2D eigenvalue weighted by Crippen LogP contribution is -2.39. The van der Waals surface area contributed by atoms with Crippen molar-refractivity contribution in [3.63, 3.8) is 0 Å². The molecule has 0 saturated carbocycles. The van der Waals surface area contributed by atoms with Gasteiger partial charge in [-0.2, -0.15) is 13.2 Å². The molecule has 2 aliphatic rings. The van der Waals surface area contributed by atoms with Gasteiger partial charge in [0.15, 0.2) is 0 Å². The molecule has 6 rings (SSSR count). The number of esters is 1. The number of nitrogens with zero attached hydrogens (tertiary/aromatic N) is 2. The number of hydrogen-bond acceptors (Lipinski definition) is 10. The number of carboxylic acid groups (broad SMARTS) is 1. The second kappa shape index (κ2) is 21.1. The lowest BCUT2D eigenvalue weighted by atomic mass is 10.1. The minimum atomic E-state index is -4.76. The number of carboxylic acids is 1. The number of aliphatic carboxylic acids is 1. The summed E-state index contributed by atoms with van der Waals surface area (Å²) in [5.74, 6) is -1.77. The highest BCUT2D eigenvalue weighted by Crippen LogP contribution is 2.35. The SMILES string of the molecule is CC(C)(C)OC(=O)CCN1CCOC(c2ccc(Oc3cccc(OC(F)(F)F)c3)cc2)C1.O=C(O)CCN1CCOC(c2ccc(Oc3cc(F)cc(C(F)(F)F)c3)cc2)C1. The maximum absolute atomic E-state index is 13.5. The summed E-state index contributed by atoms with van der Waals surface area (Å²) in [6.45, 7) is 10.1. The Hall–Kier alpha value is -5.43. The second-order valence-corrected chi connectivity index (χ2v) is 15.3. The van der Waals surface area contributed by atoms with Crippen LogP contribution in [0.25, 0.3) is 0 Å². The first-order valence-electron chi connectivity index (χ1n) is 19.6.